The van der Waals surface area contributed by atoms with Gasteiger partial charge in [0.15, 0.2) is 0 Å². The van der Waals surface area contributed by atoms with Gasteiger partial charge in [-0.2, -0.15) is 4.98 Å². The highest BCUT2D eigenvalue weighted by molar-refractivity contribution is 9.10. The van der Waals surface area contributed by atoms with Crippen molar-refractivity contribution in [2.24, 2.45) is 5.84 Å². The molecule has 0 bridgehead atoms. The number of benzene rings is 1. The first-order valence-electron chi connectivity index (χ1n) is 5.59. The molecule has 1 aromatic carbocycles. The van der Waals surface area contributed by atoms with E-state index in [2.05, 4.69) is 36.6 Å². The molecule has 19 heavy (non-hydrogen) atoms. The first-order chi connectivity index (χ1) is 9.22. The number of rotatable bonds is 5. The van der Waals surface area contributed by atoms with E-state index >= 15 is 0 Å². The quantitative estimate of drug-likeness (QED) is 0.577. The van der Waals surface area contributed by atoms with E-state index in [1.165, 1.54) is 0 Å². The first kappa shape index (κ1) is 13.6. The number of anilines is 2. The predicted molar refractivity (Wildman–Crippen MR) is 77.9 cm³/mol. The number of methoxy groups -OCH3 is 1. The van der Waals surface area contributed by atoms with Gasteiger partial charge in [0, 0.05) is 12.7 Å². The van der Waals surface area contributed by atoms with Crippen LogP contribution in [0.1, 0.15) is 5.56 Å². The number of nitrogens with zero attached hydrogens (tertiary/aromatic N) is 2. The summed E-state index contributed by atoms with van der Waals surface area (Å²) in [4.78, 5) is 8.19. The summed E-state index contributed by atoms with van der Waals surface area (Å²) in [6.07, 6.45) is 1.64. The van der Waals surface area contributed by atoms with Crippen LogP contribution in [-0.2, 0) is 6.54 Å². The number of hydrogen-bond donors (Lipinski definition) is 3. The molecule has 7 heteroatoms. The van der Waals surface area contributed by atoms with Gasteiger partial charge in [-0.25, -0.2) is 10.8 Å². The zero-order valence-corrected chi connectivity index (χ0v) is 11.9. The molecule has 0 radical (unpaired) electrons. The van der Waals surface area contributed by atoms with Crippen LogP contribution >= 0.6 is 15.9 Å². The fraction of sp³-hybridized carbons (Fsp3) is 0.167. The third-order valence-corrected chi connectivity index (χ3v) is 3.07. The van der Waals surface area contributed by atoms with Gasteiger partial charge >= 0.3 is 0 Å². The van der Waals surface area contributed by atoms with Crippen LogP contribution in [-0.4, -0.2) is 17.1 Å². The van der Waals surface area contributed by atoms with E-state index in [1.807, 2.05) is 24.3 Å². The summed E-state index contributed by atoms with van der Waals surface area (Å²) >= 11 is 3.38. The van der Waals surface area contributed by atoms with Crippen LogP contribution in [0.25, 0.3) is 0 Å². The smallest absolute Gasteiger partial charge is 0.239 e. The Kier molecular flexibility index (Phi) is 4.53. The van der Waals surface area contributed by atoms with E-state index in [0.717, 1.165) is 15.8 Å². The molecule has 1 aromatic heterocycles. The van der Waals surface area contributed by atoms with Gasteiger partial charge in [0.1, 0.15) is 11.6 Å². The maximum Gasteiger partial charge on any atom is 0.239 e. The largest absolute Gasteiger partial charge is 0.497 e. The van der Waals surface area contributed by atoms with Gasteiger partial charge < -0.3 is 10.1 Å². The lowest BCUT2D eigenvalue weighted by molar-refractivity contribution is 0.414. The van der Waals surface area contributed by atoms with Crippen molar-refractivity contribution in [3.8, 4) is 5.75 Å². The number of nitrogen functional groups attached to an aromatic ring is 1. The topological polar surface area (TPSA) is 85.1 Å². The Morgan fingerprint density at radius 1 is 1.32 bits per heavy atom. The minimum Gasteiger partial charge on any atom is -0.497 e. The zero-order chi connectivity index (χ0) is 13.7. The molecule has 2 rings (SSSR count). The van der Waals surface area contributed by atoms with Crippen LogP contribution in [0, 0.1) is 0 Å². The summed E-state index contributed by atoms with van der Waals surface area (Å²) in [7, 11) is 1.65. The van der Waals surface area contributed by atoms with Gasteiger partial charge in [-0.3, -0.25) is 5.43 Å². The zero-order valence-electron chi connectivity index (χ0n) is 10.4. The highest BCUT2D eigenvalue weighted by atomic mass is 79.9. The second-order valence-electron chi connectivity index (χ2n) is 3.74. The monoisotopic (exact) mass is 323 g/mol. The van der Waals surface area contributed by atoms with E-state index in [4.69, 9.17) is 10.6 Å². The Labute approximate surface area is 119 Å². The fourth-order valence-electron chi connectivity index (χ4n) is 1.49. The third kappa shape index (κ3) is 3.55. The van der Waals surface area contributed by atoms with E-state index in [-0.39, 0.29) is 0 Å². The molecule has 1 heterocycles. The highest BCUT2D eigenvalue weighted by Crippen LogP contribution is 2.21. The Morgan fingerprint density at radius 2 is 2.05 bits per heavy atom. The highest BCUT2D eigenvalue weighted by Gasteiger charge is 2.04. The number of ether oxygens (including phenoxy) is 1. The number of hydrogen-bond acceptors (Lipinski definition) is 6. The molecule has 0 unspecified atom stereocenters. The molecule has 0 fully saturated rings. The van der Waals surface area contributed by atoms with Crippen LogP contribution in [0.3, 0.4) is 0 Å². The van der Waals surface area contributed by atoms with Crippen LogP contribution in [0.15, 0.2) is 34.9 Å². The van der Waals surface area contributed by atoms with Crippen LogP contribution in [0.2, 0.25) is 0 Å². The van der Waals surface area contributed by atoms with Crippen LogP contribution in [0.5, 0.6) is 5.75 Å². The number of aromatic nitrogens is 2. The first-order valence-corrected chi connectivity index (χ1v) is 6.38. The normalized spacial score (nSPS) is 10.1. The Balaban J connectivity index is 2.05. The Morgan fingerprint density at radius 3 is 2.68 bits per heavy atom. The van der Waals surface area contributed by atoms with Gasteiger partial charge in [0.2, 0.25) is 5.95 Å². The van der Waals surface area contributed by atoms with E-state index in [1.54, 1.807) is 13.3 Å². The van der Waals surface area contributed by atoms with E-state index < -0.39 is 0 Å². The van der Waals surface area contributed by atoms with Gasteiger partial charge in [-0.1, -0.05) is 12.1 Å². The predicted octanol–water partition coefficient (Wildman–Crippen LogP) is 2.15. The van der Waals surface area contributed by atoms with Crippen molar-refractivity contribution in [3.05, 3.63) is 40.5 Å². The van der Waals surface area contributed by atoms with Crippen molar-refractivity contribution < 1.29 is 4.74 Å². The molecule has 0 spiro atoms. The van der Waals surface area contributed by atoms with Crippen molar-refractivity contribution in [3.63, 3.8) is 0 Å². The second kappa shape index (κ2) is 6.35. The molecule has 0 saturated heterocycles. The molecular weight excluding hydrogens is 310 g/mol. The molecule has 4 N–H and O–H groups in total. The van der Waals surface area contributed by atoms with Crippen molar-refractivity contribution >= 4 is 27.7 Å². The number of nitrogens with two attached hydrogens (primary N) is 1. The van der Waals surface area contributed by atoms with Crippen molar-refractivity contribution in [1.82, 2.24) is 9.97 Å². The number of halogens is 1. The summed E-state index contributed by atoms with van der Waals surface area (Å²) in [5.74, 6) is 7.15. The Hall–Kier alpha value is -1.86. The van der Waals surface area contributed by atoms with Gasteiger partial charge in [0.05, 0.1) is 11.6 Å². The van der Waals surface area contributed by atoms with Crippen molar-refractivity contribution in [2.45, 2.75) is 6.54 Å². The summed E-state index contributed by atoms with van der Waals surface area (Å²) in [5, 5.41) is 3.21. The molecule has 6 nitrogen and oxygen atoms in total. The lowest BCUT2D eigenvalue weighted by atomic mass is 10.2. The number of nitrogens with one attached hydrogen (secondary N) is 2. The molecule has 0 saturated carbocycles. The summed E-state index contributed by atoms with van der Waals surface area (Å²) < 4.78 is 5.89. The van der Waals surface area contributed by atoms with Crippen molar-refractivity contribution in [2.75, 3.05) is 17.9 Å². The lowest BCUT2D eigenvalue weighted by Gasteiger charge is -2.09. The minimum atomic E-state index is 0.362. The van der Waals surface area contributed by atoms with E-state index in [0.29, 0.717) is 18.3 Å². The standard InChI is InChI=1S/C12H14BrN5O/c1-19-9-4-2-8(3-5-9)6-15-11-10(13)7-16-12(17-11)18-14/h2-5,7H,6,14H2,1H3,(H2,15,16,17,18). The van der Waals surface area contributed by atoms with E-state index in [9.17, 15) is 0 Å². The van der Waals surface area contributed by atoms with Gasteiger partial charge in [0.25, 0.3) is 0 Å². The molecule has 0 aliphatic rings. The molecule has 0 aliphatic carbocycles. The summed E-state index contributed by atoms with van der Waals surface area (Å²) in [6.45, 7) is 0.642. The lowest BCUT2D eigenvalue weighted by Crippen LogP contribution is -2.12. The SMILES string of the molecule is COc1ccc(CNc2nc(NN)ncc2Br)cc1. The Bertz CT molecular complexity index is 546. The molecular formula is C12H14BrN5O. The van der Waals surface area contributed by atoms with Crippen molar-refractivity contribution in [1.29, 1.82) is 0 Å². The molecule has 100 valence electrons. The molecule has 0 aliphatic heterocycles. The minimum absolute atomic E-state index is 0.362. The average molecular weight is 324 g/mol. The molecule has 0 amide bonds. The average Bonchev–Trinajstić information content (AvgIpc) is 2.47. The number of hydrazine groups is 1. The van der Waals surface area contributed by atoms with Gasteiger partial charge in [-0.15, -0.1) is 0 Å². The fourth-order valence-corrected chi connectivity index (χ4v) is 1.82. The van der Waals surface area contributed by atoms with Crippen LogP contribution < -0.4 is 21.3 Å². The summed E-state index contributed by atoms with van der Waals surface area (Å²) in [5.41, 5.74) is 3.53. The van der Waals surface area contributed by atoms with Crippen LogP contribution in [0.4, 0.5) is 11.8 Å². The summed E-state index contributed by atoms with van der Waals surface area (Å²) in [6, 6.07) is 7.81. The molecule has 0 atom stereocenters. The second-order valence-corrected chi connectivity index (χ2v) is 4.59. The maximum absolute atomic E-state index is 5.28. The molecule has 2 aromatic rings. The third-order valence-electron chi connectivity index (χ3n) is 2.49. The maximum atomic E-state index is 5.28. The van der Waals surface area contributed by atoms with Gasteiger partial charge in [-0.05, 0) is 33.6 Å².